The summed E-state index contributed by atoms with van der Waals surface area (Å²) >= 11 is 6.45. The van der Waals surface area contributed by atoms with Crippen LogP contribution in [0.3, 0.4) is 0 Å². The number of aromatic nitrogens is 4. The number of amides is 1. The van der Waals surface area contributed by atoms with Crippen LogP contribution in [-0.2, 0) is 12.1 Å². The lowest BCUT2D eigenvalue weighted by molar-refractivity contribution is 0.0945. The Morgan fingerprint density at radius 1 is 1.34 bits per heavy atom. The van der Waals surface area contributed by atoms with Crippen LogP contribution in [0.1, 0.15) is 43.1 Å². The topological polar surface area (TPSA) is 102 Å². The Labute approximate surface area is 172 Å². The van der Waals surface area contributed by atoms with E-state index in [9.17, 15) is 14.7 Å². The first-order valence-corrected chi connectivity index (χ1v) is 10.0. The molecule has 0 saturated heterocycles. The lowest BCUT2D eigenvalue weighted by atomic mass is 9.97. The van der Waals surface area contributed by atoms with Crippen molar-refractivity contribution in [2.75, 3.05) is 6.54 Å². The van der Waals surface area contributed by atoms with Crippen molar-refractivity contribution in [3.63, 3.8) is 0 Å². The molecule has 1 fully saturated rings. The fourth-order valence-corrected chi connectivity index (χ4v) is 4.43. The molecule has 0 aromatic carbocycles. The van der Waals surface area contributed by atoms with Crippen molar-refractivity contribution in [3.8, 4) is 5.75 Å². The van der Waals surface area contributed by atoms with Crippen LogP contribution in [0, 0.1) is 0 Å². The molecule has 9 heteroatoms. The Balaban J connectivity index is 1.80. The summed E-state index contributed by atoms with van der Waals surface area (Å²) in [4.78, 5) is 28.9. The lowest BCUT2D eigenvalue weighted by Crippen LogP contribution is -2.38. The standard InChI is InChI=1S/C20H22ClN5O3/c1-2-22-19(29)16-17(28)15(27)11-25(24-16)12-20(7-3-4-8-20)26-10-14(21)13-6-5-9-23-18(13)26/h5-6,9-11,27H,2-4,7-8,12H2,1H3,(H,22,29). The molecule has 152 valence electrons. The molecule has 0 bridgehead atoms. The molecular weight excluding hydrogens is 394 g/mol. The van der Waals surface area contributed by atoms with Crippen molar-refractivity contribution in [2.45, 2.75) is 44.7 Å². The highest BCUT2D eigenvalue weighted by atomic mass is 35.5. The van der Waals surface area contributed by atoms with Gasteiger partial charge in [0, 0.05) is 24.3 Å². The summed E-state index contributed by atoms with van der Waals surface area (Å²) in [5.74, 6) is -1.10. The third kappa shape index (κ3) is 3.37. The van der Waals surface area contributed by atoms with Gasteiger partial charge in [0.2, 0.25) is 0 Å². The van der Waals surface area contributed by atoms with Crippen LogP contribution in [0.15, 0.2) is 35.5 Å². The van der Waals surface area contributed by atoms with Crippen LogP contribution in [0.4, 0.5) is 0 Å². The Kier molecular flexibility index (Phi) is 5.04. The van der Waals surface area contributed by atoms with E-state index in [-0.39, 0.29) is 11.2 Å². The zero-order chi connectivity index (χ0) is 20.6. The minimum Gasteiger partial charge on any atom is -0.503 e. The molecule has 3 heterocycles. The highest BCUT2D eigenvalue weighted by Gasteiger charge is 2.38. The van der Waals surface area contributed by atoms with Gasteiger partial charge < -0.3 is 15.0 Å². The average molecular weight is 416 g/mol. The number of rotatable bonds is 5. The predicted octanol–water partition coefficient (Wildman–Crippen LogP) is 2.67. The second-order valence-electron chi connectivity index (χ2n) is 7.40. The van der Waals surface area contributed by atoms with Crippen LogP contribution in [0.25, 0.3) is 11.0 Å². The molecule has 0 spiro atoms. The van der Waals surface area contributed by atoms with Crippen LogP contribution in [-0.4, -0.2) is 36.9 Å². The third-order valence-electron chi connectivity index (χ3n) is 5.52. The Bertz CT molecular complexity index is 1130. The molecule has 0 atom stereocenters. The maximum atomic E-state index is 12.2. The minimum atomic E-state index is -0.774. The van der Waals surface area contributed by atoms with Gasteiger partial charge >= 0.3 is 0 Å². The largest absolute Gasteiger partial charge is 0.503 e. The first-order chi connectivity index (χ1) is 13.9. The number of fused-ring (bicyclic) bond motifs is 1. The number of nitrogens with zero attached hydrogens (tertiary/aromatic N) is 4. The second-order valence-corrected chi connectivity index (χ2v) is 7.81. The summed E-state index contributed by atoms with van der Waals surface area (Å²) < 4.78 is 3.57. The fourth-order valence-electron chi connectivity index (χ4n) is 4.19. The van der Waals surface area contributed by atoms with Gasteiger partial charge in [0.05, 0.1) is 23.3 Å². The van der Waals surface area contributed by atoms with Crippen molar-refractivity contribution >= 4 is 28.5 Å². The number of carbonyl (C=O) groups excluding carboxylic acids is 1. The number of halogens is 1. The lowest BCUT2D eigenvalue weighted by Gasteiger charge is -2.32. The molecule has 1 aliphatic carbocycles. The van der Waals surface area contributed by atoms with Crippen molar-refractivity contribution in [1.82, 2.24) is 24.6 Å². The molecule has 2 N–H and O–H groups in total. The van der Waals surface area contributed by atoms with Gasteiger partial charge in [-0.3, -0.25) is 14.3 Å². The van der Waals surface area contributed by atoms with Gasteiger partial charge in [-0.1, -0.05) is 24.4 Å². The number of nitrogens with one attached hydrogen (secondary N) is 1. The molecule has 8 nitrogen and oxygen atoms in total. The van der Waals surface area contributed by atoms with E-state index in [4.69, 9.17) is 11.6 Å². The van der Waals surface area contributed by atoms with Crippen molar-refractivity contribution in [3.05, 3.63) is 51.7 Å². The molecule has 3 aromatic heterocycles. The number of pyridine rings is 1. The Morgan fingerprint density at radius 2 is 2.10 bits per heavy atom. The van der Waals surface area contributed by atoms with Gasteiger partial charge in [0.15, 0.2) is 11.4 Å². The molecular formula is C20H22ClN5O3. The maximum absolute atomic E-state index is 12.2. The highest BCUT2D eigenvalue weighted by Crippen LogP contribution is 2.41. The molecule has 1 aliphatic rings. The highest BCUT2D eigenvalue weighted by molar-refractivity contribution is 6.35. The van der Waals surface area contributed by atoms with Gasteiger partial charge in [-0.15, -0.1) is 0 Å². The van der Waals surface area contributed by atoms with Crippen molar-refractivity contribution < 1.29 is 9.90 Å². The third-order valence-corrected chi connectivity index (χ3v) is 5.82. The van der Waals surface area contributed by atoms with E-state index in [0.29, 0.717) is 18.1 Å². The van der Waals surface area contributed by atoms with E-state index >= 15 is 0 Å². The SMILES string of the molecule is CCNC(=O)c1nn(CC2(n3cc(Cl)c4cccnc43)CCCC2)cc(O)c1=O. The summed E-state index contributed by atoms with van der Waals surface area (Å²) in [5, 5.41) is 18.4. The molecule has 1 amide bonds. The van der Waals surface area contributed by atoms with Crippen LogP contribution in [0.2, 0.25) is 5.02 Å². The zero-order valence-corrected chi connectivity index (χ0v) is 16.8. The van der Waals surface area contributed by atoms with E-state index in [0.717, 1.165) is 36.7 Å². The van der Waals surface area contributed by atoms with Gasteiger partial charge in [-0.2, -0.15) is 5.10 Å². The molecule has 4 rings (SSSR count). The molecule has 1 saturated carbocycles. The van der Waals surface area contributed by atoms with Gasteiger partial charge in [-0.05, 0) is 31.9 Å². The number of hydrogen-bond donors (Lipinski definition) is 2. The molecule has 0 radical (unpaired) electrons. The maximum Gasteiger partial charge on any atom is 0.275 e. The number of carbonyl (C=O) groups is 1. The summed E-state index contributed by atoms with van der Waals surface area (Å²) in [6.07, 6.45) is 8.69. The predicted molar refractivity (Wildman–Crippen MR) is 109 cm³/mol. The van der Waals surface area contributed by atoms with Gasteiger partial charge in [0.1, 0.15) is 5.65 Å². The smallest absolute Gasteiger partial charge is 0.275 e. The molecule has 0 aliphatic heterocycles. The van der Waals surface area contributed by atoms with Crippen LogP contribution >= 0.6 is 11.6 Å². The Morgan fingerprint density at radius 3 is 2.83 bits per heavy atom. The normalized spacial score (nSPS) is 15.7. The van der Waals surface area contributed by atoms with Crippen LogP contribution < -0.4 is 10.7 Å². The first-order valence-electron chi connectivity index (χ1n) is 9.66. The van der Waals surface area contributed by atoms with Crippen molar-refractivity contribution in [2.24, 2.45) is 0 Å². The first kappa shape index (κ1) is 19.4. The molecule has 3 aromatic rings. The van der Waals surface area contributed by atoms with Gasteiger partial charge in [-0.25, -0.2) is 4.98 Å². The Hall–Kier alpha value is -2.87. The van der Waals surface area contributed by atoms with E-state index < -0.39 is 17.1 Å². The van der Waals surface area contributed by atoms with E-state index in [1.807, 2.05) is 18.3 Å². The zero-order valence-electron chi connectivity index (χ0n) is 16.1. The molecule has 0 unspecified atom stereocenters. The average Bonchev–Trinajstić information content (AvgIpc) is 3.30. The van der Waals surface area contributed by atoms with E-state index in [1.54, 1.807) is 13.1 Å². The summed E-state index contributed by atoms with van der Waals surface area (Å²) in [5.41, 5.74) is -0.668. The number of hydrogen-bond acceptors (Lipinski definition) is 5. The quantitative estimate of drug-likeness (QED) is 0.667. The van der Waals surface area contributed by atoms with Crippen molar-refractivity contribution in [1.29, 1.82) is 0 Å². The van der Waals surface area contributed by atoms with E-state index in [1.165, 1.54) is 10.9 Å². The summed E-state index contributed by atoms with van der Waals surface area (Å²) in [6, 6.07) is 3.78. The monoisotopic (exact) mass is 415 g/mol. The number of aromatic hydroxyl groups is 1. The van der Waals surface area contributed by atoms with Gasteiger partial charge in [0.25, 0.3) is 11.3 Å². The summed E-state index contributed by atoms with van der Waals surface area (Å²) in [6.45, 7) is 2.49. The fraction of sp³-hybridized carbons (Fsp3) is 0.400. The second kappa shape index (κ2) is 7.51. The van der Waals surface area contributed by atoms with Crippen LogP contribution in [0.5, 0.6) is 5.75 Å². The van der Waals surface area contributed by atoms with E-state index in [2.05, 4.69) is 20.0 Å². The molecule has 29 heavy (non-hydrogen) atoms. The summed E-state index contributed by atoms with van der Waals surface area (Å²) in [7, 11) is 0. The minimum absolute atomic E-state index is 0.312.